The lowest BCUT2D eigenvalue weighted by Crippen LogP contribution is -2.43. The first-order valence-corrected chi connectivity index (χ1v) is 14.7. The number of amides is 3. The number of benzene rings is 2. The van der Waals surface area contributed by atoms with E-state index < -0.39 is 23.4 Å². The number of rotatable bonds is 7. The van der Waals surface area contributed by atoms with Crippen LogP contribution in [0.2, 0.25) is 5.02 Å². The van der Waals surface area contributed by atoms with Gasteiger partial charge >= 0.3 is 11.8 Å². The third-order valence-corrected chi connectivity index (χ3v) is 8.22. The summed E-state index contributed by atoms with van der Waals surface area (Å²) < 4.78 is 1.99. The Kier molecular flexibility index (Phi) is 7.24. The molecule has 0 unspecified atom stereocenters. The molecule has 11 heteroatoms. The van der Waals surface area contributed by atoms with Crippen molar-refractivity contribution in [3.05, 3.63) is 80.9 Å². The molecule has 6 rings (SSSR count). The zero-order valence-corrected chi connectivity index (χ0v) is 23.8. The number of nitrogens with zero attached hydrogens (tertiary/aromatic N) is 3. The van der Waals surface area contributed by atoms with Crippen LogP contribution in [-0.2, 0) is 21.7 Å². The second-order valence-corrected chi connectivity index (χ2v) is 11.7. The van der Waals surface area contributed by atoms with Gasteiger partial charge < -0.3 is 16.0 Å². The predicted molar refractivity (Wildman–Crippen MR) is 156 cm³/mol. The van der Waals surface area contributed by atoms with Crippen LogP contribution in [0.15, 0.2) is 54.2 Å². The number of carbonyl (C=O) groups excluding carboxylic acids is 3. The maximum absolute atomic E-state index is 13.5. The van der Waals surface area contributed by atoms with Gasteiger partial charge in [-0.05, 0) is 67.9 Å². The Labute approximate surface area is 245 Å². The van der Waals surface area contributed by atoms with E-state index in [-0.39, 0.29) is 12.5 Å². The highest BCUT2D eigenvalue weighted by Crippen LogP contribution is 2.47. The van der Waals surface area contributed by atoms with Gasteiger partial charge in [0.15, 0.2) is 5.01 Å². The molecule has 2 saturated carbocycles. The number of thiazole rings is 1. The van der Waals surface area contributed by atoms with Gasteiger partial charge in [-0.1, -0.05) is 35.7 Å². The van der Waals surface area contributed by atoms with Crippen LogP contribution in [0.5, 0.6) is 0 Å². The average molecular weight is 587 g/mol. The lowest BCUT2D eigenvalue weighted by atomic mass is 10.0. The molecule has 0 aliphatic heterocycles. The summed E-state index contributed by atoms with van der Waals surface area (Å²) in [4.78, 5) is 42.4. The maximum atomic E-state index is 13.5. The molecule has 0 saturated heterocycles. The summed E-state index contributed by atoms with van der Waals surface area (Å²) in [5.74, 6) is 3.84. The monoisotopic (exact) mass is 586 g/mol. The van der Waals surface area contributed by atoms with Gasteiger partial charge in [0.25, 0.3) is 5.91 Å². The molecule has 3 amide bonds. The molecule has 3 N–H and O–H groups in total. The van der Waals surface area contributed by atoms with Gasteiger partial charge in [0, 0.05) is 35.3 Å². The van der Waals surface area contributed by atoms with Crippen molar-refractivity contribution in [1.82, 2.24) is 30.7 Å². The molecule has 2 aromatic carbocycles. The zero-order chi connectivity index (χ0) is 28.6. The van der Waals surface area contributed by atoms with Crippen molar-refractivity contribution in [3.8, 4) is 11.8 Å². The molecule has 2 heterocycles. The summed E-state index contributed by atoms with van der Waals surface area (Å²) in [6.45, 7) is 1.70. The average Bonchev–Trinajstić information content (AvgIpc) is 3.86. The molecule has 2 aliphatic rings. The van der Waals surface area contributed by atoms with Gasteiger partial charge in [0.1, 0.15) is 5.52 Å². The quantitative estimate of drug-likeness (QED) is 0.223. The Morgan fingerprint density at radius 1 is 1.20 bits per heavy atom. The zero-order valence-electron chi connectivity index (χ0n) is 22.2. The molecule has 2 aromatic heterocycles. The maximum Gasteiger partial charge on any atom is 0.310 e. The lowest BCUT2D eigenvalue weighted by molar-refractivity contribution is -0.139. The van der Waals surface area contributed by atoms with E-state index in [9.17, 15) is 14.4 Å². The highest BCUT2D eigenvalue weighted by Gasteiger charge is 2.46. The highest BCUT2D eigenvalue weighted by atomic mass is 35.5. The van der Waals surface area contributed by atoms with Crippen molar-refractivity contribution in [2.24, 2.45) is 0 Å². The molecule has 2 fully saturated rings. The van der Waals surface area contributed by atoms with E-state index in [0.29, 0.717) is 27.2 Å². The van der Waals surface area contributed by atoms with E-state index in [1.807, 2.05) is 22.3 Å². The van der Waals surface area contributed by atoms with Crippen LogP contribution in [0.1, 0.15) is 65.1 Å². The van der Waals surface area contributed by atoms with Gasteiger partial charge in [-0.3, -0.25) is 19.1 Å². The Morgan fingerprint density at radius 3 is 2.73 bits per heavy atom. The molecule has 0 bridgehead atoms. The summed E-state index contributed by atoms with van der Waals surface area (Å²) in [7, 11) is 0. The van der Waals surface area contributed by atoms with Crippen molar-refractivity contribution in [3.63, 3.8) is 0 Å². The van der Waals surface area contributed by atoms with Crippen molar-refractivity contribution in [1.29, 1.82) is 0 Å². The van der Waals surface area contributed by atoms with Crippen LogP contribution in [0.3, 0.4) is 0 Å². The van der Waals surface area contributed by atoms with Crippen LogP contribution < -0.4 is 16.0 Å². The summed E-state index contributed by atoms with van der Waals surface area (Å²) in [5, 5.41) is 17.0. The summed E-state index contributed by atoms with van der Waals surface area (Å²) in [6, 6.07) is 10.9. The second-order valence-electron chi connectivity index (χ2n) is 10.4. The molecule has 0 radical (unpaired) electrons. The molecule has 41 heavy (non-hydrogen) atoms. The van der Waals surface area contributed by atoms with Gasteiger partial charge in [-0.15, -0.1) is 11.3 Å². The van der Waals surface area contributed by atoms with Crippen LogP contribution in [-0.4, -0.2) is 38.5 Å². The third kappa shape index (κ3) is 5.97. The Bertz CT molecular complexity index is 1710. The van der Waals surface area contributed by atoms with E-state index in [1.54, 1.807) is 37.4 Å². The number of hydrogen-bond acceptors (Lipinski definition) is 6. The number of hydrogen-bond donors (Lipinski definition) is 3. The van der Waals surface area contributed by atoms with Crippen LogP contribution in [0.25, 0.3) is 10.9 Å². The number of nitrogens with one attached hydrogen (secondary N) is 3. The molecule has 4 aromatic rings. The number of halogens is 1. The first-order chi connectivity index (χ1) is 19.8. The van der Waals surface area contributed by atoms with Crippen molar-refractivity contribution >= 4 is 51.6 Å². The lowest BCUT2D eigenvalue weighted by Gasteiger charge is -2.20. The summed E-state index contributed by atoms with van der Waals surface area (Å²) in [5.41, 5.74) is 2.24. The van der Waals surface area contributed by atoms with Crippen molar-refractivity contribution < 1.29 is 14.4 Å². The van der Waals surface area contributed by atoms with E-state index in [4.69, 9.17) is 11.6 Å². The first kappa shape index (κ1) is 27.0. The Morgan fingerprint density at radius 2 is 2.00 bits per heavy atom. The molecule has 1 atom stereocenters. The molecule has 0 spiro atoms. The minimum Gasteiger partial charge on any atom is -0.344 e. The second kappa shape index (κ2) is 11.0. The van der Waals surface area contributed by atoms with Gasteiger partial charge in [-0.25, -0.2) is 4.98 Å². The topological polar surface area (TPSA) is 118 Å². The number of carbonyl (C=O) groups is 3. The number of fused-ring (bicyclic) bond motifs is 1. The largest absolute Gasteiger partial charge is 0.344 e. The normalized spacial score (nSPS) is 15.9. The molecular weight excluding hydrogens is 560 g/mol. The van der Waals surface area contributed by atoms with E-state index >= 15 is 0 Å². The standard InChI is InChI=1S/C30H27ClN6O3S/c1-18(6-9-25-32-12-13-41-25)34-29(40)28(39)33-16-19-4-2-3-5-23(19)27(38)35-30(10-11-30)21-14-20-17-37(22-7-8-22)36-26(20)24(31)15-21/h2-5,12-15,17-18,22H,7-8,10-11,16H2,1H3,(H,33,39)(H,34,40)(H,35,38)/t18-/m0/s1. The SMILES string of the molecule is C[C@@H](C#Cc1nccs1)NC(=O)C(=O)NCc1ccccc1C(=O)NC1(c2cc(Cl)c3nn(C4CC4)cc3c2)CC1. The van der Waals surface area contributed by atoms with Gasteiger partial charge in [-0.2, -0.15) is 5.10 Å². The van der Waals surface area contributed by atoms with Crippen LogP contribution in [0, 0.1) is 11.8 Å². The van der Waals surface area contributed by atoms with Crippen LogP contribution >= 0.6 is 22.9 Å². The smallest absolute Gasteiger partial charge is 0.310 e. The molecule has 2 aliphatic carbocycles. The van der Waals surface area contributed by atoms with E-state index in [2.05, 4.69) is 43.9 Å². The predicted octanol–water partition coefficient (Wildman–Crippen LogP) is 4.07. The molecule has 9 nitrogen and oxygen atoms in total. The summed E-state index contributed by atoms with van der Waals surface area (Å²) in [6.07, 6.45) is 7.52. The summed E-state index contributed by atoms with van der Waals surface area (Å²) >= 11 is 8.00. The van der Waals surface area contributed by atoms with E-state index in [1.165, 1.54) is 11.3 Å². The highest BCUT2D eigenvalue weighted by molar-refractivity contribution is 7.10. The molecular formula is C30H27ClN6O3S. The van der Waals surface area contributed by atoms with Crippen molar-refractivity contribution in [2.45, 2.75) is 56.8 Å². The minimum atomic E-state index is -0.809. The van der Waals surface area contributed by atoms with Crippen LogP contribution in [0.4, 0.5) is 0 Å². The van der Waals surface area contributed by atoms with Gasteiger partial charge in [0.05, 0.1) is 22.6 Å². The van der Waals surface area contributed by atoms with Crippen molar-refractivity contribution in [2.75, 3.05) is 0 Å². The fraction of sp³-hybridized carbons (Fsp3) is 0.300. The Hall–Kier alpha value is -4.20. The third-order valence-electron chi connectivity index (χ3n) is 7.24. The number of aromatic nitrogens is 3. The minimum absolute atomic E-state index is 0.0140. The molecule has 208 valence electrons. The first-order valence-electron chi connectivity index (χ1n) is 13.4. The Balaban J connectivity index is 1.10. The van der Waals surface area contributed by atoms with Gasteiger partial charge in [0.2, 0.25) is 0 Å². The van der Waals surface area contributed by atoms with E-state index in [0.717, 1.165) is 42.1 Å². The fourth-order valence-electron chi connectivity index (χ4n) is 4.71. The fourth-order valence-corrected chi connectivity index (χ4v) is 5.47.